The van der Waals surface area contributed by atoms with E-state index in [0.29, 0.717) is 23.9 Å². The summed E-state index contributed by atoms with van der Waals surface area (Å²) < 4.78 is 0. The van der Waals surface area contributed by atoms with Gasteiger partial charge in [0.1, 0.15) is 10.9 Å². The molecular formula is C17H26N4O2S. The van der Waals surface area contributed by atoms with Crippen molar-refractivity contribution in [3.8, 4) is 0 Å². The largest absolute Gasteiger partial charge is 0.341 e. The van der Waals surface area contributed by atoms with E-state index in [1.54, 1.807) is 4.90 Å². The third-order valence-corrected chi connectivity index (χ3v) is 6.15. The average molecular weight is 350 g/mol. The van der Waals surface area contributed by atoms with Gasteiger partial charge in [-0.3, -0.25) is 9.59 Å². The predicted octanol–water partition coefficient (Wildman–Crippen LogP) is 1.61. The lowest BCUT2D eigenvalue weighted by Crippen LogP contribution is -2.59. The number of thiazole rings is 1. The van der Waals surface area contributed by atoms with Crippen LogP contribution in [0.3, 0.4) is 0 Å². The quantitative estimate of drug-likeness (QED) is 0.899. The molecule has 2 aliphatic heterocycles. The summed E-state index contributed by atoms with van der Waals surface area (Å²) in [6, 6.07) is -0.395. The topological polar surface area (TPSA) is 65.5 Å². The minimum Gasteiger partial charge on any atom is -0.341 e. The second-order valence-electron chi connectivity index (χ2n) is 6.87. The Morgan fingerprint density at radius 3 is 2.58 bits per heavy atom. The summed E-state index contributed by atoms with van der Waals surface area (Å²) >= 11 is 1.47. The van der Waals surface area contributed by atoms with Gasteiger partial charge < -0.3 is 15.1 Å². The summed E-state index contributed by atoms with van der Waals surface area (Å²) in [5.41, 5.74) is 0.777. The van der Waals surface area contributed by atoms with Crippen molar-refractivity contribution < 1.29 is 9.59 Å². The molecule has 132 valence electrons. The summed E-state index contributed by atoms with van der Waals surface area (Å²) in [5.74, 6) is 0.343. The second-order valence-corrected chi connectivity index (χ2v) is 7.90. The molecule has 1 aromatic heterocycles. The van der Waals surface area contributed by atoms with Crippen LogP contribution in [0.1, 0.15) is 53.0 Å². The first-order valence-corrected chi connectivity index (χ1v) is 9.58. The van der Waals surface area contributed by atoms with Gasteiger partial charge in [0.25, 0.3) is 5.91 Å². The van der Waals surface area contributed by atoms with E-state index in [4.69, 9.17) is 0 Å². The molecule has 6 nitrogen and oxygen atoms in total. The molecule has 1 N–H and O–H groups in total. The maximum atomic E-state index is 13.1. The Balaban J connectivity index is 1.82. The zero-order chi connectivity index (χ0) is 17.3. The van der Waals surface area contributed by atoms with Crippen molar-refractivity contribution in [2.75, 3.05) is 32.7 Å². The first kappa shape index (κ1) is 17.4. The van der Waals surface area contributed by atoms with Crippen LogP contribution in [0.4, 0.5) is 0 Å². The first-order chi connectivity index (χ1) is 11.5. The van der Waals surface area contributed by atoms with Crippen LogP contribution >= 0.6 is 11.3 Å². The van der Waals surface area contributed by atoms with E-state index in [1.165, 1.54) is 11.3 Å². The number of hydrogen-bond donors (Lipinski definition) is 1. The zero-order valence-corrected chi connectivity index (χ0v) is 15.5. The fraction of sp³-hybridized carbons (Fsp3) is 0.706. The Hall–Kier alpha value is -1.47. The summed E-state index contributed by atoms with van der Waals surface area (Å²) in [4.78, 5) is 34.8. The SMILES string of the molecule is Cc1nc(C(C)C)sc1C(=O)N1CCNC[C@@H]1C(=O)N1CCCC1. The number of aryl methyl sites for hydroxylation is 1. The maximum Gasteiger partial charge on any atom is 0.266 e. The van der Waals surface area contributed by atoms with Crippen LogP contribution in [0.25, 0.3) is 0 Å². The normalized spacial score (nSPS) is 21.6. The molecule has 1 aromatic rings. The van der Waals surface area contributed by atoms with Gasteiger partial charge in [0.15, 0.2) is 0 Å². The van der Waals surface area contributed by atoms with Crippen LogP contribution in [0.5, 0.6) is 0 Å². The molecular weight excluding hydrogens is 324 g/mol. The van der Waals surface area contributed by atoms with Crippen molar-refractivity contribution in [3.05, 3.63) is 15.6 Å². The van der Waals surface area contributed by atoms with Gasteiger partial charge in [-0.05, 0) is 19.8 Å². The van der Waals surface area contributed by atoms with Crippen LogP contribution < -0.4 is 5.32 Å². The maximum absolute atomic E-state index is 13.1. The molecule has 2 saturated heterocycles. The van der Waals surface area contributed by atoms with E-state index < -0.39 is 6.04 Å². The number of nitrogens with one attached hydrogen (secondary N) is 1. The van der Waals surface area contributed by atoms with Gasteiger partial charge >= 0.3 is 0 Å². The van der Waals surface area contributed by atoms with Crippen LogP contribution in [0.2, 0.25) is 0 Å². The Morgan fingerprint density at radius 2 is 1.96 bits per heavy atom. The van der Waals surface area contributed by atoms with Gasteiger partial charge in [0, 0.05) is 38.6 Å². The van der Waals surface area contributed by atoms with Crippen LogP contribution in [0.15, 0.2) is 0 Å². The molecule has 2 fully saturated rings. The number of likely N-dealkylation sites (tertiary alicyclic amines) is 1. The lowest BCUT2D eigenvalue weighted by Gasteiger charge is -2.37. The van der Waals surface area contributed by atoms with Crippen molar-refractivity contribution in [1.29, 1.82) is 0 Å². The minimum absolute atomic E-state index is 0.0454. The van der Waals surface area contributed by atoms with Crippen molar-refractivity contribution in [2.24, 2.45) is 0 Å². The average Bonchev–Trinajstić information content (AvgIpc) is 3.23. The number of rotatable bonds is 3. The Kier molecular flexibility index (Phi) is 5.20. The van der Waals surface area contributed by atoms with Crippen LogP contribution in [0, 0.1) is 6.92 Å². The fourth-order valence-electron chi connectivity index (χ4n) is 3.31. The number of carbonyl (C=O) groups is 2. The first-order valence-electron chi connectivity index (χ1n) is 8.77. The minimum atomic E-state index is -0.395. The molecule has 2 amide bonds. The summed E-state index contributed by atoms with van der Waals surface area (Å²) in [7, 11) is 0. The molecule has 0 radical (unpaired) electrons. The molecule has 3 heterocycles. The van der Waals surface area contributed by atoms with Gasteiger partial charge in [0.2, 0.25) is 5.91 Å². The molecule has 2 aliphatic rings. The smallest absolute Gasteiger partial charge is 0.266 e. The summed E-state index contributed by atoms with van der Waals surface area (Å²) in [6.07, 6.45) is 2.12. The highest BCUT2D eigenvalue weighted by Crippen LogP contribution is 2.27. The summed E-state index contributed by atoms with van der Waals surface area (Å²) in [5, 5.41) is 4.24. The predicted molar refractivity (Wildman–Crippen MR) is 94.4 cm³/mol. The van der Waals surface area contributed by atoms with E-state index >= 15 is 0 Å². The number of piperazine rings is 1. The Bertz CT molecular complexity index is 622. The number of nitrogens with zero attached hydrogens (tertiary/aromatic N) is 3. The van der Waals surface area contributed by atoms with Crippen molar-refractivity contribution in [2.45, 2.75) is 45.6 Å². The van der Waals surface area contributed by atoms with Crippen LogP contribution in [-0.2, 0) is 4.79 Å². The highest BCUT2D eigenvalue weighted by molar-refractivity contribution is 7.13. The monoisotopic (exact) mass is 350 g/mol. The van der Waals surface area contributed by atoms with E-state index in [-0.39, 0.29) is 11.8 Å². The highest BCUT2D eigenvalue weighted by Gasteiger charge is 2.37. The second kappa shape index (κ2) is 7.19. The molecule has 24 heavy (non-hydrogen) atoms. The van der Waals surface area contributed by atoms with E-state index in [0.717, 1.165) is 43.2 Å². The standard InChI is InChI=1S/C17H26N4O2S/c1-11(2)15-19-12(3)14(24-15)17(23)21-9-6-18-10-13(21)16(22)20-7-4-5-8-20/h11,13,18H,4-10H2,1-3H3/t13-/m1/s1. The molecule has 0 saturated carbocycles. The van der Waals surface area contributed by atoms with E-state index in [9.17, 15) is 9.59 Å². The number of amides is 2. The fourth-order valence-corrected chi connectivity index (χ4v) is 4.33. The number of hydrogen-bond acceptors (Lipinski definition) is 5. The molecule has 0 aliphatic carbocycles. The van der Waals surface area contributed by atoms with Gasteiger partial charge in [-0.15, -0.1) is 11.3 Å². The third-order valence-electron chi connectivity index (χ3n) is 4.71. The highest BCUT2D eigenvalue weighted by atomic mass is 32.1. The van der Waals surface area contributed by atoms with Crippen molar-refractivity contribution in [3.63, 3.8) is 0 Å². The zero-order valence-electron chi connectivity index (χ0n) is 14.7. The summed E-state index contributed by atoms with van der Waals surface area (Å²) in [6.45, 7) is 9.50. The van der Waals surface area contributed by atoms with E-state index in [1.807, 2.05) is 11.8 Å². The van der Waals surface area contributed by atoms with Crippen molar-refractivity contribution in [1.82, 2.24) is 20.1 Å². The number of aromatic nitrogens is 1. The Labute approximate surface area is 147 Å². The molecule has 0 spiro atoms. The number of carbonyl (C=O) groups excluding carboxylic acids is 2. The van der Waals surface area contributed by atoms with Gasteiger partial charge in [-0.25, -0.2) is 4.98 Å². The van der Waals surface area contributed by atoms with E-state index in [2.05, 4.69) is 24.1 Å². The molecule has 3 rings (SSSR count). The molecule has 0 aromatic carbocycles. The van der Waals surface area contributed by atoms with Crippen molar-refractivity contribution >= 4 is 23.2 Å². The molecule has 0 unspecified atom stereocenters. The van der Waals surface area contributed by atoms with Gasteiger partial charge in [-0.1, -0.05) is 13.8 Å². The van der Waals surface area contributed by atoms with Gasteiger partial charge in [0.05, 0.1) is 10.7 Å². The molecule has 7 heteroatoms. The molecule has 1 atom stereocenters. The lowest BCUT2D eigenvalue weighted by molar-refractivity contribution is -0.135. The molecule has 0 bridgehead atoms. The van der Waals surface area contributed by atoms with Gasteiger partial charge in [-0.2, -0.15) is 0 Å². The Morgan fingerprint density at radius 1 is 1.25 bits per heavy atom. The van der Waals surface area contributed by atoms with Crippen LogP contribution in [-0.4, -0.2) is 65.4 Å². The lowest BCUT2D eigenvalue weighted by atomic mass is 10.1. The third kappa shape index (κ3) is 3.32.